The summed E-state index contributed by atoms with van der Waals surface area (Å²) in [5.74, 6) is -0.318. The van der Waals surface area contributed by atoms with Gasteiger partial charge >= 0.3 is 5.69 Å². The lowest BCUT2D eigenvalue weighted by Gasteiger charge is -2.36. The van der Waals surface area contributed by atoms with Gasteiger partial charge in [-0.2, -0.15) is 0 Å². The van der Waals surface area contributed by atoms with Gasteiger partial charge in [0.05, 0.1) is 15.9 Å². The van der Waals surface area contributed by atoms with E-state index >= 15 is 0 Å². The predicted octanol–water partition coefficient (Wildman–Crippen LogP) is 2.10. The number of amides is 1. The number of rotatable bonds is 5. The van der Waals surface area contributed by atoms with E-state index in [4.69, 9.17) is 0 Å². The van der Waals surface area contributed by atoms with E-state index < -0.39 is 16.2 Å². The molecule has 0 bridgehead atoms. The third kappa shape index (κ3) is 4.16. The zero-order valence-electron chi connectivity index (χ0n) is 19.3. The maximum atomic E-state index is 13.6. The van der Waals surface area contributed by atoms with E-state index in [-0.39, 0.29) is 34.1 Å². The van der Waals surface area contributed by atoms with Crippen LogP contribution in [0.5, 0.6) is 0 Å². The lowest BCUT2D eigenvalue weighted by Crippen LogP contribution is -2.49. The maximum absolute atomic E-state index is 13.6. The number of carbonyl (C=O) groups excluding carboxylic acids is 1. The molecule has 1 saturated heterocycles. The van der Waals surface area contributed by atoms with Gasteiger partial charge in [0.1, 0.15) is 0 Å². The summed E-state index contributed by atoms with van der Waals surface area (Å²) in [5.41, 5.74) is 0.603. The number of nitro groups is 1. The molecule has 1 fully saturated rings. The number of anilines is 1. The lowest BCUT2D eigenvalue weighted by atomic mass is 10.0. The first-order valence-electron chi connectivity index (χ1n) is 11.2. The zero-order chi connectivity index (χ0) is 24.6. The molecular weight excluding hydrogens is 440 g/mol. The van der Waals surface area contributed by atoms with Crippen molar-refractivity contribution in [2.24, 2.45) is 0 Å². The summed E-state index contributed by atoms with van der Waals surface area (Å²) in [6.07, 6.45) is 0. The van der Waals surface area contributed by atoms with E-state index in [0.717, 1.165) is 5.69 Å². The molecule has 0 saturated carbocycles. The monoisotopic (exact) mass is 466 g/mol. The third-order valence-electron chi connectivity index (χ3n) is 6.08. The van der Waals surface area contributed by atoms with E-state index in [1.807, 2.05) is 18.7 Å². The molecule has 3 heterocycles. The highest BCUT2D eigenvalue weighted by molar-refractivity contribution is 6.05. The number of fused-ring (bicyclic) bond motifs is 1. The summed E-state index contributed by atoms with van der Waals surface area (Å²) in [6.45, 7) is 7.69. The van der Waals surface area contributed by atoms with Crippen molar-refractivity contribution >= 4 is 28.3 Å². The Balaban J connectivity index is 1.67. The molecule has 0 spiro atoms. The zero-order valence-corrected chi connectivity index (χ0v) is 19.3. The Bertz CT molecular complexity index is 1380. The van der Waals surface area contributed by atoms with Gasteiger partial charge in [-0.05, 0) is 25.0 Å². The van der Waals surface area contributed by atoms with Gasteiger partial charge in [-0.25, -0.2) is 9.78 Å². The van der Waals surface area contributed by atoms with E-state index in [1.165, 1.54) is 16.7 Å². The van der Waals surface area contributed by atoms with Gasteiger partial charge in [-0.3, -0.25) is 29.3 Å². The molecule has 11 nitrogen and oxygen atoms in total. The number of aromatic amines is 1. The Morgan fingerprint density at radius 1 is 1.18 bits per heavy atom. The van der Waals surface area contributed by atoms with Crippen LogP contribution in [0.1, 0.15) is 42.7 Å². The SMILES string of the molecule is CCn1c(=O)[nH]c(=O)c2c(C(=O)N3CCN(c4cccc([N+](=O)[O-])c4)CC3)cc(C(C)C)nc21. The number of nitrogens with zero attached hydrogens (tertiary/aromatic N) is 5. The third-order valence-corrected chi connectivity index (χ3v) is 6.08. The van der Waals surface area contributed by atoms with Crippen molar-refractivity contribution in [2.75, 3.05) is 31.1 Å². The van der Waals surface area contributed by atoms with E-state index in [9.17, 15) is 24.5 Å². The molecule has 178 valence electrons. The minimum absolute atomic E-state index is 0.0126. The summed E-state index contributed by atoms with van der Waals surface area (Å²) >= 11 is 0. The molecule has 1 aromatic carbocycles. The van der Waals surface area contributed by atoms with Gasteiger partial charge in [0.25, 0.3) is 17.2 Å². The van der Waals surface area contributed by atoms with Gasteiger partial charge in [-0.15, -0.1) is 0 Å². The number of non-ortho nitro benzene ring substituents is 1. The van der Waals surface area contributed by atoms with Crippen LogP contribution >= 0.6 is 0 Å². The Hall–Kier alpha value is -4.02. The first-order valence-corrected chi connectivity index (χ1v) is 11.2. The molecule has 3 aromatic rings. The van der Waals surface area contributed by atoms with E-state index in [0.29, 0.717) is 38.4 Å². The molecule has 4 rings (SSSR count). The van der Waals surface area contributed by atoms with Crippen molar-refractivity contribution in [1.29, 1.82) is 0 Å². The second-order valence-electron chi connectivity index (χ2n) is 8.51. The lowest BCUT2D eigenvalue weighted by molar-refractivity contribution is -0.384. The van der Waals surface area contributed by atoms with Crippen LogP contribution in [-0.2, 0) is 6.54 Å². The van der Waals surface area contributed by atoms with Crippen LogP contribution in [0, 0.1) is 10.1 Å². The highest BCUT2D eigenvalue weighted by Gasteiger charge is 2.27. The van der Waals surface area contributed by atoms with Gasteiger partial charge in [0, 0.05) is 56.2 Å². The largest absolute Gasteiger partial charge is 0.368 e. The second kappa shape index (κ2) is 9.08. The number of hydrogen-bond donors (Lipinski definition) is 1. The molecule has 0 unspecified atom stereocenters. The maximum Gasteiger partial charge on any atom is 0.329 e. The first-order chi connectivity index (χ1) is 16.2. The fourth-order valence-corrected chi connectivity index (χ4v) is 4.19. The van der Waals surface area contributed by atoms with Crippen molar-refractivity contribution in [3.8, 4) is 0 Å². The molecular formula is C23H26N6O5. The highest BCUT2D eigenvalue weighted by atomic mass is 16.6. The Morgan fingerprint density at radius 3 is 2.50 bits per heavy atom. The average molecular weight is 466 g/mol. The van der Waals surface area contributed by atoms with Crippen LogP contribution in [0.25, 0.3) is 11.0 Å². The van der Waals surface area contributed by atoms with Crippen molar-refractivity contribution < 1.29 is 9.72 Å². The van der Waals surface area contributed by atoms with Crippen LogP contribution < -0.4 is 16.1 Å². The minimum Gasteiger partial charge on any atom is -0.368 e. The van der Waals surface area contributed by atoms with Gasteiger partial charge in [0.15, 0.2) is 5.65 Å². The Kier molecular flexibility index (Phi) is 6.18. The molecule has 1 amide bonds. The number of carbonyl (C=O) groups is 1. The Morgan fingerprint density at radius 2 is 1.88 bits per heavy atom. The van der Waals surface area contributed by atoms with Crippen LogP contribution in [-0.4, -0.2) is 56.4 Å². The molecule has 0 atom stereocenters. The minimum atomic E-state index is -0.633. The van der Waals surface area contributed by atoms with Crippen LogP contribution in [0.4, 0.5) is 11.4 Å². The summed E-state index contributed by atoms with van der Waals surface area (Å²) in [7, 11) is 0. The number of benzene rings is 1. The van der Waals surface area contributed by atoms with Gasteiger partial charge in [-0.1, -0.05) is 19.9 Å². The fourth-order valence-electron chi connectivity index (χ4n) is 4.19. The van der Waals surface area contributed by atoms with E-state index in [1.54, 1.807) is 30.0 Å². The van der Waals surface area contributed by atoms with Gasteiger partial charge in [0.2, 0.25) is 0 Å². The number of aromatic nitrogens is 3. The molecule has 11 heteroatoms. The molecule has 1 aliphatic heterocycles. The molecule has 0 aliphatic carbocycles. The molecule has 34 heavy (non-hydrogen) atoms. The number of aryl methyl sites for hydroxylation is 1. The molecule has 0 radical (unpaired) electrons. The summed E-state index contributed by atoms with van der Waals surface area (Å²) in [6, 6.07) is 8.05. The summed E-state index contributed by atoms with van der Waals surface area (Å²) < 4.78 is 1.36. The smallest absolute Gasteiger partial charge is 0.329 e. The topological polar surface area (TPSA) is 134 Å². The molecule has 1 N–H and O–H groups in total. The number of pyridine rings is 1. The standard InChI is InChI=1S/C23H26N6O5/c1-4-28-20-19(21(30)25-23(28)32)17(13-18(24-20)14(2)3)22(31)27-10-8-26(9-11-27)15-6-5-7-16(12-15)29(33)34/h5-7,12-14H,4,8-11H2,1-3H3,(H,25,30,32). The van der Waals surface area contributed by atoms with Crippen molar-refractivity contribution in [1.82, 2.24) is 19.4 Å². The van der Waals surface area contributed by atoms with Crippen LogP contribution in [0.3, 0.4) is 0 Å². The molecule has 2 aromatic heterocycles. The summed E-state index contributed by atoms with van der Waals surface area (Å²) in [5, 5.41) is 11.2. The number of nitrogens with one attached hydrogen (secondary N) is 1. The van der Waals surface area contributed by atoms with Crippen molar-refractivity contribution in [2.45, 2.75) is 33.2 Å². The van der Waals surface area contributed by atoms with E-state index in [2.05, 4.69) is 9.97 Å². The van der Waals surface area contributed by atoms with Gasteiger partial charge < -0.3 is 9.80 Å². The number of H-pyrrole nitrogens is 1. The van der Waals surface area contributed by atoms with Crippen LogP contribution in [0.2, 0.25) is 0 Å². The van der Waals surface area contributed by atoms with Crippen molar-refractivity contribution in [3.63, 3.8) is 0 Å². The summed E-state index contributed by atoms with van der Waals surface area (Å²) in [4.78, 5) is 59.8. The average Bonchev–Trinajstić information content (AvgIpc) is 2.83. The van der Waals surface area contributed by atoms with Crippen LogP contribution in [0.15, 0.2) is 39.9 Å². The number of nitro benzene ring substituents is 1. The second-order valence-corrected chi connectivity index (χ2v) is 8.51. The van der Waals surface area contributed by atoms with Crippen molar-refractivity contribution in [3.05, 3.63) is 72.5 Å². The Labute approximate surface area is 194 Å². The molecule has 1 aliphatic rings. The quantitative estimate of drug-likeness (QED) is 0.449. The normalized spacial score (nSPS) is 14.1. The predicted molar refractivity (Wildman–Crippen MR) is 128 cm³/mol. The number of hydrogen-bond acceptors (Lipinski definition) is 7. The first kappa shape index (κ1) is 23.1. The number of piperazine rings is 1. The highest BCUT2D eigenvalue weighted by Crippen LogP contribution is 2.24. The fraction of sp³-hybridized carbons (Fsp3) is 0.391.